The number of aryl methyl sites for hydroxylation is 1. The highest BCUT2D eigenvalue weighted by atomic mass is 32.2. The number of hydrogen-bond donors (Lipinski definition) is 1. The van der Waals surface area contributed by atoms with Crippen LogP contribution in [0.1, 0.15) is 37.2 Å². The van der Waals surface area contributed by atoms with Crippen molar-refractivity contribution in [2.45, 2.75) is 31.6 Å². The van der Waals surface area contributed by atoms with Gasteiger partial charge in [0.15, 0.2) is 0 Å². The van der Waals surface area contributed by atoms with Crippen molar-refractivity contribution in [1.82, 2.24) is 8.87 Å². The molecule has 1 atom stereocenters. The highest BCUT2D eigenvalue weighted by Gasteiger charge is 2.30. The van der Waals surface area contributed by atoms with E-state index in [-0.39, 0.29) is 16.5 Å². The van der Waals surface area contributed by atoms with E-state index in [2.05, 4.69) is 12.2 Å². The maximum absolute atomic E-state index is 13.0. The van der Waals surface area contributed by atoms with Crippen molar-refractivity contribution in [3.63, 3.8) is 0 Å². The van der Waals surface area contributed by atoms with Crippen molar-refractivity contribution in [3.05, 3.63) is 42.2 Å². The van der Waals surface area contributed by atoms with Gasteiger partial charge in [-0.15, -0.1) is 0 Å². The van der Waals surface area contributed by atoms with E-state index in [1.807, 2.05) is 13.0 Å². The number of piperidine rings is 1. The van der Waals surface area contributed by atoms with E-state index < -0.39 is 10.0 Å². The Morgan fingerprint density at radius 2 is 2.07 bits per heavy atom. The molecule has 152 valence electrons. The number of rotatable bonds is 6. The Balaban J connectivity index is 1.83. The Kier molecular flexibility index (Phi) is 6.10. The number of sulfonamides is 1. The SMILES string of the molecule is CCOc1ccccc1NC(=O)c1cc(S(=O)(=O)N2CCC[C@H](C)C2)cn1C. The summed E-state index contributed by atoms with van der Waals surface area (Å²) in [4.78, 5) is 12.9. The standard InChI is InChI=1S/C20H27N3O4S/c1-4-27-19-10-6-5-9-17(19)21-20(24)18-12-16(14-22(18)3)28(25,26)23-11-7-8-15(2)13-23/h5-6,9-10,12,14-15H,4,7-8,11,13H2,1-3H3,(H,21,24)/t15-/m0/s1. The first-order chi connectivity index (χ1) is 13.3. The van der Waals surface area contributed by atoms with Gasteiger partial charge in [0.2, 0.25) is 10.0 Å². The summed E-state index contributed by atoms with van der Waals surface area (Å²) < 4.78 is 34.5. The third-order valence-electron chi connectivity index (χ3n) is 4.91. The van der Waals surface area contributed by atoms with Gasteiger partial charge in [0.1, 0.15) is 16.3 Å². The molecule has 1 aliphatic heterocycles. The molecule has 0 aliphatic carbocycles. The molecule has 0 bridgehead atoms. The Morgan fingerprint density at radius 3 is 2.79 bits per heavy atom. The summed E-state index contributed by atoms with van der Waals surface area (Å²) in [6, 6.07) is 8.59. The molecule has 1 aliphatic rings. The molecule has 1 saturated heterocycles. The van der Waals surface area contributed by atoms with Crippen LogP contribution in [0, 0.1) is 5.92 Å². The zero-order valence-corrected chi connectivity index (χ0v) is 17.3. The van der Waals surface area contributed by atoms with Gasteiger partial charge in [-0.3, -0.25) is 4.79 Å². The van der Waals surface area contributed by atoms with E-state index in [1.54, 1.807) is 29.8 Å². The highest BCUT2D eigenvalue weighted by molar-refractivity contribution is 7.89. The van der Waals surface area contributed by atoms with Crippen LogP contribution in [0.2, 0.25) is 0 Å². The Bertz CT molecular complexity index is 952. The molecule has 2 aromatic rings. The van der Waals surface area contributed by atoms with E-state index in [0.29, 0.717) is 37.1 Å². The summed E-state index contributed by atoms with van der Waals surface area (Å²) in [5.41, 5.74) is 0.819. The Labute approximate surface area is 166 Å². The summed E-state index contributed by atoms with van der Waals surface area (Å²) >= 11 is 0. The largest absolute Gasteiger partial charge is 0.492 e. The number of carbonyl (C=O) groups is 1. The third-order valence-corrected chi connectivity index (χ3v) is 6.74. The van der Waals surface area contributed by atoms with Crippen LogP contribution < -0.4 is 10.1 Å². The van der Waals surface area contributed by atoms with Crippen LogP contribution in [0.3, 0.4) is 0 Å². The smallest absolute Gasteiger partial charge is 0.272 e. The number of benzene rings is 1. The van der Waals surface area contributed by atoms with E-state index in [9.17, 15) is 13.2 Å². The molecular weight excluding hydrogens is 378 g/mol. The predicted molar refractivity (Wildman–Crippen MR) is 108 cm³/mol. The number of carbonyl (C=O) groups excluding carboxylic acids is 1. The molecule has 1 aromatic heterocycles. The van der Waals surface area contributed by atoms with E-state index in [0.717, 1.165) is 12.8 Å². The van der Waals surface area contributed by atoms with Crippen LogP contribution in [0.4, 0.5) is 5.69 Å². The first-order valence-corrected chi connectivity index (χ1v) is 11.0. The summed E-state index contributed by atoms with van der Waals surface area (Å²) in [5.74, 6) is 0.524. The zero-order chi connectivity index (χ0) is 20.3. The summed E-state index contributed by atoms with van der Waals surface area (Å²) in [6.45, 7) is 5.44. The molecule has 1 amide bonds. The minimum Gasteiger partial charge on any atom is -0.492 e. The lowest BCUT2D eigenvalue weighted by molar-refractivity contribution is 0.101. The molecule has 3 rings (SSSR count). The molecule has 28 heavy (non-hydrogen) atoms. The molecule has 1 aromatic carbocycles. The van der Waals surface area contributed by atoms with Gasteiger partial charge in [0.05, 0.1) is 12.3 Å². The van der Waals surface area contributed by atoms with Gasteiger partial charge in [-0.05, 0) is 43.9 Å². The molecule has 2 heterocycles. The number of ether oxygens (including phenoxy) is 1. The van der Waals surface area contributed by atoms with Crippen molar-refractivity contribution in [3.8, 4) is 5.75 Å². The number of amides is 1. The lowest BCUT2D eigenvalue weighted by Gasteiger charge is -2.29. The minimum absolute atomic E-state index is 0.146. The zero-order valence-electron chi connectivity index (χ0n) is 16.5. The molecule has 1 N–H and O–H groups in total. The predicted octanol–water partition coefficient (Wildman–Crippen LogP) is 3.10. The van der Waals surface area contributed by atoms with Gasteiger partial charge >= 0.3 is 0 Å². The van der Waals surface area contributed by atoms with Crippen LogP contribution in [0.5, 0.6) is 5.75 Å². The topological polar surface area (TPSA) is 80.6 Å². The monoisotopic (exact) mass is 405 g/mol. The van der Waals surface area contributed by atoms with Gasteiger partial charge in [0, 0.05) is 26.3 Å². The lowest BCUT2D eigenvalue weighted by Crippen LogP contribution is -2.38. The average Bonchev–Trinajstić information content (AvgIpc) is 3.06. The van der Waals surface area contributed by atoms with Gasteiger partial charge in [-0.25, -0.2) is 8.42 Å². The van der Waals surface area contributed by atoms with Gasteiger partial charge < -0.3 is 14.6 Å². The fraction of sp³-hybridized carbons (Fsp3) is 0.450. The Hall–Kier alpha value is -2.32. The molecule has 7 nitrogen and oxygen atoms in total. The second kappa shape index (κ2) is 8.36. The van der Waals surface area contributed by atoms with Crippen LogP contribution in [0.25, 0.3) is 0 Å². The van der Waals surface area contributed by atoms with Crippen molar-refractivity contribution in [1.29, 1.82) is 0 Å². The first kappa shape index (κ1) is 20.4. The third kappa shape index (κ3) is 4.23. The maximum atomic E-state index is 13.0. The van der Waals surface area contributed by atoms with Gasteiger partial charge in [-0.2, -0.15) is 4.31 Å². The fourth-order valence-corrected chi connectivity index (χ4v) is 5.12. The first-order valence-electron chi connectivity index (χ1n) is 9.52. The van der Waals surface area contributed by atoms with Gasteiger partial charge in [-0.1, -0.05) is 19.1 Å². The van der Waals surface area contributed by atoms with Crippen molar-refractivity contribution in [2.75, 3.05) is 25.0 Å². The minimum atomic E-state index is -3.61. The van der Waals surface area contributed by atoms with E-state index >= 15 is 0 Å². The molecule has 0 saturated carbocycles. The summed E-state index contributed by atoms with van der Waals surface area (Å²) in [5, 5.41) is 2.81. The molecule has 0 spiro atoms. The van der Waals surface area contributed by atoms with Gasteiger partial charge in [0.25, 0.3) is 5.91 Å². The number of para-hydroxylation sites is 2. The van der Waals surface area contributed by atoms with E-state index in [1.165, 1.54) is 16.6 Å². The number of nitrogens with one attached hydrogen (secondary N) is 1. The lowest BCUT2D eigenvalue weighted by atomic mass is 10.0. The second-order valence-electron chi connectivity index (χ2n) is 7.17. The van der Waals surface area contributed by atoms with Crippen molar-refractivity contribution >= 4 is 21.6 Å². The Morgan fingerprint density at radius 1 is 1.32 bits per heavy atom. The quantitative estimate of drug-likeness (QED) is 0.801. The van der Waals surface area contributed by atoms with Crippen molar-refractivity contribution < 1.29 is 17.9 Å². The van der Waals surface area contributed by atoms with Crippen LogP contribution in [-0.2, 0) is 17.1 Å². The van der Waals surface area contributed by atoms with Crippen LogP contribution in [-0.4, -0.2) is 42.9 Å². The molecule has 0 radical (unpaired) electrons. The number of nitrogens with zero attached hydrogens (tertiary/aromatic N) is 2. The second-order valence-corrected chi connectivity index (χ2v) is 9.10. The van der Waals surface area contributed by atoms with Crippen molar-refractivity contribution in [2.24, 2.45) is 13.0 Å². The normalized spacial score (nSPS) is 18.0. The highest BCUT2D eigenvalue weighted by Crippen LogP contribution is 2.27. The van der Waals surface area contributed by atoms with Crippen LogP contribution in [0.15, 0.2) is 41.4 Å². The number of aromatic nitrogens is 1. The number of anilines is 1. The maximum Gasteiger partial charge on any atom is 0.272 e. The molecular formula is C20H27N3O4S. The molecule has 8 heteroatoms. The summed E-state index contributed by atoms with van der Waals surface area (Å²) in [7, 11) is -1.94. The van der Waals surface area contributed by atoms with Crippen LogP contribution >= 0.6 is 0 Å². The fourth-order valence-electron chi connectivity index (χ4n) is 3.45. The molecule has 1 fully saturated rings. The summed E-state index contributed by atoms with van der Waals surface area (Å²) in [6.07, 6.45) is 3.39. The van der Waals surface area contributed by atoms with E-state index in [4.69, 9.17) is 4.74 Å². The number of hydrogen-bond acceptors (Lipinski definition) is 4. The average molecular weight is 406 g/mol. The molecule has 0 unspecified atom stereocenters.